The van der Waals surface area contributed by atoms with E-state index in [-0.39, 0.29) is 0 Å². The number of benzene rings is 1. The number of aromatic amines is 1. The summed E-state index contributed by atoms with van der Waals surface area (Å²) in [6, 6.07) is 5.74. The van der Waals surface area contributed by atoms with Crippen molar-refractivity contribution in [1.82, 2.24) is 9.55 Å². The number of halogens is 1. The molecule has 104 valence electrons. The highest BCUT2D eigenvalue weighted by Crippen LogP contribution is 2.19. The summed E-state index contributed by atoms with van der Waals surface area (Å²) in [5.41, 5.74) is 2.05. The van der Waals surface area contributed by atoms with E-state index < -0.39 is 0 Å². The number of rotatable bonds is 7. The maximum Gasteiger partial charge on any atom is 0.178 e. The summed E-state index contributed by atoms with van der Waals surface area (Å²) in [4.78, 5) is 3.16. The summed E-state index contributed by atoms with van der Waals surface area (Å²) in [7, 11) is 1.67. The van der Waals surface area contributed by atoms with Crippen LogP contribution in [0, 0.1) is 4.77 Å². The first-order valence-electron chi connectivity index (χ1n) is 6.17. The summed E-state index contributed by atoms with van der Waals surface area (Å²) >= 11 is 11.3. The van der Waals surface area contributed by atoms with Gasteiger partial charge >= 0.3 is 0 Å². The fourth-order valence-corrected chi connectivity index (χ4v) is 2.40. The molecular formula is C13H17ClN2O2S. The molecule has 0 aliphatic rings. The van der Waals surface area contributed by atoms with Gasteiger partial charge in [0, 0.05) is 25.3 Å². The summed E-state index contributed by atoms with van der Waals surface area (Å²) in [5.74, 6) is 0. The Hall–Kier alpha value is -0.880. The second kappa shape index (κ2) is 7.05. The first kappa shape index (κ1) is 14.5. The van der Waals surface area contributed by atoms with Gasteiger partial charge in [0.05, 0.1) is 24.2 Å². The van der Waals surface area contributed by atoms with E-state index in [9.17, 15) is 0 Å². The van der Waals surface area contributed by atoms with Crippen molar-refractivity contribution in [2.45, 2.75) is 13.0 Å². The van der Waals surface area contributed by atoms with Crippen LogP contribution in [-0.2, 0) is 16.0 Å². The number of hydrogen-bond donors (Lipinski definition) is 1. The lowest BCUT2D eigenvalue weighted by molar-refractivity contribution is 0.0681. The minimum absolute atomic E-state index is 0.630. The molecular weight excluding hydrogens is 284 g/mol. The normalized spacial score (nSPS) is 11.3. The fourth-order valence-electron chi connectivity index (χ4n) is 1.93. The van der Waals surface area contributed by atoms with E-state index in [0.29, 0.717) is 29.6 Å². The van der Waals surface area contributed by atoms with Gasteiger partial charge in [-0.05, 0) is 36.8 Å². The van der Waals surface area contributed by atoms with Crippen molar-refractivity contribution in [2.24, 2.45) is 0 Å². The lowest BCUT2D eigenvalue weighted by Crippen LogP contribution is -2.06. The zero-order valence-corrected chi connectivity index (χ0v) is 12.4. The van der Waals surface area contributed by atoms with Crippen LogP contribution in [0.5, 0.6) is 0 Å². The molecule has 0 amide bonds. The zero-order valence-electron chi connectivity index (χ0n) is 10.8. The second-order valence-electron chi connectivity index (χ2n) is 4.20. The molecule has 0 unspecified atom stereocenters. The van der Waals surface area contributed by atoms with Gasteiger partial charge in [-0.2, -0.15) is 0 Å². The maximum absolute atomic E-state index is 5.96. The average molecular weight is 301 g/mol. The largest absolute Gasteiger partial charge is 0.382 e. The molecule has 1 aromatic heterocycles. The monoisotopic (exact) mass is 300 g/mol. The van der Waals surface area contributed by atoms with Crippen molar-refractivity contribution in [3.05, 3.63) is 28.0 Å². The van der Waals surface area contributed by atoms with Gasteiger partial charge in [0.2, 0.25) is 0 Å². The van der Waals surface area contributed by atoms with Crippen LogP contribution >= 0.6 is 23.8 Å². The Labute approximate surface area is 122 Å². The Morgan fingerprint density at radius 1 is 1.32 bits per heavy atom. The smallest absolute Gasteiger partial charge is 0.178 e. The summed E-state index contributed by atoms with van der Waals surface area (Å²) in [5, 5.41) is 0.707. The molecule has 0 bridgehead atoms. The molecule has 0 aliphatic carbocycles. The SMILES string of the molecule is COCCOCCCn1c(=S)[nH]c2cc(Cl)ccc21. The lowest BCUT2D eigenvalue weighted by Gasteiger charge is -2.06. The molecule has 1 N–H and O–H groups in total. The van der Waals surface area contributed by atoms with Gasteiger partial charge in [-0.25, -0.2) is 0 Å². The first-order chi connectivity index (χ1) is 9.22. The van der Waals surface area contributed by atoms with Crippen LogP contribution in [0.15, 0.2) is 18.2 Å². The van der Waals surface area contributed by atoms with Crippen molar-refractivity contribution in [1.29, 1.82) is 0 Å². The van der Waals surface area contributed by atoms with E-state index in [2.05, 4.69) is 9.55 Å². The van der Waals surface area contributed by atoms with Crippen molar-refractivity contribution in [3.8, 4) is 0 Å². The molecule has 6 heteroatoms. The van der Waals surface area contributed by atoms with E-state index in [1.54, 1.807) is 7.11 Å². The summed E-state index contributed by atoms with van der Waals surface area (Å²) in [6.45, 7) is 2.79. The third kappa shape index (κ3) is 3.79. The van der Waals surface area contributed by atoms with Crippen LogP contribution in [0.3, 0.4) is 0 Å². The van der Waals surface area contributed by atoms with Crippen LogP contribution in [0.4, 0.5) is 0 Å². The van der Waals surface area contributed by atoms with Gasteiger partial charge in [-0.1, -0.05) is 11.6 Å². The number of aryl methyl sites for hydroxylation is 1. The van der Waals surface area contributed by atoms with E-state index >= 15 is 0 Å². The predicted molar refractivity (Wildman–Crippen MR) is 79.4 cm³/mol. The van der Waals surface area contributed by atoms with E-state index in [1.165, 1.54) is 0 Å². The average Bonchev–Trinajstić information content (AvgIpc) is 2.69. The Morgan fingerprint density at radius 2 is 2.16 bits per heavy atom. The van der Waals surface area contributed by atoms with E-state index in [0.717, 1.165) is 24.0 Å². The number of fused-ring (bicyclic) bond motifs is 1. The number of aromatic nitrogens is 2. The van der Waals surface area contributed by atoms with Gasteiger partial charge in [0.25, 0.3) is 0 Å². The standard InChI is InChI=1S/C13H17ClN2O2S/c1-17-7-8-18-6-2-5-16-12-4-3-10(14)9-11(12)15-13(16)19/h3-4,9H,2,5-8H2,1H3,(H,15,19). The van der Waals surface area contributed by atoms with Crippen molar-refractivity contribution in [2.75, 3.05) is 26.9 Å². The zero-order chi connectivity index (χ0) is 13.7. The van der Waals surface area contributed by atoms with Crippen molar-refractivity contribution < 1.29 is 9.47 Å². The molecule has 1 aromatic carbocycles. The van der Waals surface area contributed by atoms with Gasteiger partial charge < -0.3 is 19.0 Å². The molecule has 4 nitrogen and oxygen atoms in total. The second-order valence-corrected chi connectivity index (χ2v) is 5.03. The number of methoxy groups -OCH3 is 1. The molecule has 2 aromatic rings. The predicted octanol–water partition coefficient (Wildman–Crippen LogP) is 3.41. The van der Waals surface area contributed by atoms with Crippen LogP contribution in [-0.4, -0.2) is 36.5 Å². The van der Waals surface area contributed by atoms with Gasteiger partial charge in [-0.3, -0.25) is 0 Å². The van der Waals surface area contributed by atoms with Crippen LogP contribution in [0.2, 0.25) is 5.02 Å². The molecule has 0 spiro atoms. The van der Waals surface area contributed by atoms with Crippen molar-refractivity contribution in [3.63, 3.8) is 0 Å². The molecule has 2 rings (SSSR count). The molecule has 0 saturated carbocycles. The topological polar surface area (TPSA) is 39.2 Å². The molecule has 0 atom stereocenters. The van der Waals surface area contributed by atoms with E-state index in [4.69, 9.17) is 33.3 Å². The highest BCUT2D eigenvalue weighted by molar-refractivity contribution is 7.71. The third-order valence-electron chi connectivity index (χ3n) is 2.84. The molecule has 19 heavy (non-hydrogen) atoms. The number of ether oxygens (including phenoxy) is 2. The minimum atomic E-state index is 0.630. The maximum atomic E-state index is 5.96. The van der Waals surface area contributed by atoms with Gasteiger partial charge in [-0.15, -0.1) is 0 Å². The van der Waals surface area contributed by atoms with Crippen LogP contribution < -0.4 is 0 Å². The number of nitrogens with zero attached hydrogens (tertiary/aromatic N) is 1. The first-order valence-corrected chi connectivity index (χ1v) is 6.96. The van der Waals surface area contributed by atoms with Gasteiger partial charge in [0.1, 0.15) is 0 Å². The molecule has 0 radical (unpaired) electrons. The minimum Gasteiger partial charge on any atom is -0.382 e. The highest BCUT2D eigenvalue weighted by Gasteiger charge is 2.04. The Balaban J connectivity index is 1.97. The third-order valence-corrected chi connectivity index (χ3v) is 3.40. The van der Waals surface area contributed by atoms with Crippen LogP contribution in [0.1, 0.15) is 6.42 Å². The Kier molecular flexibility index (Phi) is 5.39. The number of hydrogen-bond acceptors (Lipinski definition) is 3. The molecule has 0 saturated heterocycles. The van der Waals surface area contributed by atoms with E-state index in [1.807, 2.05) is 18.2 Å². The molecule has 0 aliphatic heterocycles. The van der Waals surface area contributed by atoms with Crippen molar-refractivity contribution >= 4 is 34.9 Å². The van der Waals surface area contributed by atoms with Gasteiger partial charge in [0.15, 0.2) is 4.77 Å². The summed E-state index contributed by atoms with van der Waals surface area (Å²) < 4.78 is 13.1. The summed E-state index contributed by atoms with van der Waals surface area (Å²) in [6.07, 6.45) is 0.910. The molecule has 1 heterocycles. The Bertz CT molecular complexity index is 594. The number of imidazole rings is 1. The number of H-pyrrole nitrogens is 1. The Morgan fingerprint density at radius 3 is 2.95 bits per heavy atom. The number of nitrogens with one attached hydrogen (secondary N) is 1. The van der Waals surface area contributed by atoms with Crippen LogP contribution in [0.25, 0.3) is 11.0 Å². The quantitative estimate of drug-likeness (QED) is 0.629. The lowest BCUT2D eigenvalue weighted by atomic mass is 10.3. The molecule has 0 fully saturated rings. The fraction of sp³-hybridized carbons (Fsp3) is 0.462. The highest BCUT2D eigenvalue weighted by atomic mass is 35.5.